The van der Waals surface area contributed by atoms with Crippen LogP contribution in [0.4, 0.5) is 11.4 Å². The van der Waals surface area contributed by atoms with Gasteiger partial charge in [-0.05, 0) is 127 Å². The molecular weight excluding hydrogens is 1070 g/mol. The molecule has 0 saturated heterocycles. The van der Waals surface area contributed by atoms with Gasteiger partial charge in [-0.15, -0.1) is 6.07 Å². The zero-order chi connectivity index (χ0) is 47.5. The van der Waals surface area contributed by atoms with Crippen LogP contribution in [0.25, 0.3) is 0 Å². The van der Waals surface area contributed by atoms with Crippen LogP contribution in [0.15, 0.2) is 112 Å². The molecule has 3 aromatic rings. The number of aryl methyl sites for hydroxylation is 1. The van der Waals surface area contributed by atoms with Gasteiger partial charge < -0.3 is 33.2 Å². The first kappa shape index (κ1) is 51.7. The molecule has 0 amide bonds. The van der Waals surface area contributed by atoms with Gasteiger partial charge in [0.25, 0.3) is 0 Å². The van der Waals surface area contributed by atoms with Crippen LogP contribution in [0.1, 0.15) is 95.8 Å². The number of nitrogens with zero attached hydrogens (tertiary/aromatic N) is 2. The molecule has 18 heteroatoms. The van der Waals surface area contributed by atoms with Gasteiger partial charge in [-0.2, -0.15) is 18.2 Å². The summed E-state index contributed by atoms with van der Waals surface area (Å²) in [5.41, 5.74) is 7.40. The number of carbonyl (C=O) groups excluding carboxylic acids is 1. The van der Waals surface area contributed by atoms with Crippen LogP contribution < -0.4 is 14.7 Å². The van der Waals surface area contributed by atoms with Gasteiger partial charge in [-0.25, -0.2) is 13.0 Å². The SMILES string of the molecule is CC1(C)C(/C=C\C2=C(Oc3ccc(CCC(=O)[O-])cc3)C(=C\C=C3/N(CCCCS(=O)[O-])c4ccc(S(=O)[O-])cc4C3(C)C)/CCC2)=[N+](CCCCS(=O)(=O)[O-])c2cc[c-]cc21.[O]=[Os+2]=[O]. The Kier molecular flexibility index (Phi) is 18.3. The van der Waals surface area contributed by atoms with Crippen molar-refractivity contribution in [2.75, 3.05) is 29.5 Å². The molecule has 3 aromatic carbocycles. The fraction of sp³-hybridized carbons (Fsp3) is 0.404. The summed E-state index contributed by atoms with van der Waals surface area (Å²) in [7, 11) is -4.33. The monoisotopic (exact) mass is 1120 g/mol. The van der Waals surface area contributed by atoms with E-state index in [4.69, 9.17) is 11.8 Å². The molecular formula is C47H52N2O12OsS3-2. The molecule has 350 valence electrons. The molecule has 2 atom stereocenters. The Labute approximate surface area is 393 Å². The maximum absolute atomic E-state index is 12.0. The number of carboxylic acids is 1. The first-order valence-corrected chi connectivity index (χ1v) is 27.1. The predicted molar refractivity (Wildman–Crippen MR) is 237 cm³/mol. The van der Waals surface area contributed by atoms with Gasteiger partial charge in [-0.1, -0.05) is 62.5 Å². The third-order valence-corrected chi connectivity index (χ3v) is 13.9. The number of hydrogen-bond acceptors (Lipinski definition) is 13. The van der Waals surface area contributed by atoms with E-state index in [0.29, 0.717) is 63.1 Å². The van der Waals surface area contributed by atoms with Crippen molar-refractivity contribution in [2.45, 2.75) is 101 Å². The van der Waals surface area contributed by atoms with Gasteiger partial charge in [-0.3, -0.25) is 8.42 Å². The van der Waals surface area contributed by atoms with Crippen molar-refractivity contribution in [3.63, 3.8) is 0 Å². The molecule has 0 radical (unpaired) electrons. The van der Waals surface area contributed by atoms with Gasteiger partial charge in [0, 0.05) is 63.6 Å². The number of carbonyl (C=O) groups is 1. The molecule has 0 aromatic heterocycles. The van der Waals surface area contributed by atoms with Crippen molar-refractivity contribution in [1.29, 1.82) is 0 Å². The standard InChI is InChI=1S/C47H56N2O10S3.2O.Os/c1-46(2)38-14-5-6-15-40(38)48(29-8-10-31-62(56,57)58)42(46)25-19-34-12-11-13-35(45(34)59-36-21-16-33(17-22-36)18-27-44(50)51)20-26-43-47(3,4)39-32-37(61(54)55)23-24-41(39)49(43)28-7-9-30-60(52)53;;;/h6,14-17,19-26,32H,7-13,18,27-31H2,1-4H3,(H,50,51)(H,52,53)(H,54,55)(H,56,57,58);;;/q;;;+2/p-4. The third kappa shape index (κ3) is 13.4. The fourth-order valence-electron chi connectivity index (χ4n) is 8.64. The Hall–Kier alpha value is -4.27. The van der Waals surface area contributed by atoms with E-state index < -0.39 is 72.1 Å². The van der Waals surface area contributed by atoms with Crippen molar-refractivity contribution >= 4 is 55.3 Å². The molecule has 3 aliphatic rings. The average molecular weight is 1120 g/mol. The molecule has 0 saturated carbocycles. The number of allylic oxidation sites excluding steroid dienone is 7. The molecule has 0 bridgehead atoms. The number of ether oxygens (including phenoxy) is 1. The van der Waals surface area contributed by atoms with Crippen molar-refractivity contribution in [1.82, 2.24) is 0 Å². The molecule has 1 aliphatic carbocycles. The van der Waals surface area contributed by atoms with E-state index in [1.807, 2.05) is 62.4 Å². The Morgan fingerprint density at radius 1 is 0.938 bits per heavy atom. The van der Waals surface area contributed by atoms with E-state index >= 15 is 0 Å². The number of benzene rings is 3. The number of carboxylic acid groups (broad SMARTS) is 1. The second kappa shape index (κ2) is 23.0. The summed E-state index contributed by atoms with van der Waals surface area (Å²) in [6.07, 6.45) is 12.5. The van der Waals surface area contributed by atoms with Crippen LogP contribution in [0.3, 0.4) is 0 Å². The van der Waals surface area contributed by atoms with Crippen LogP contribution in [0.2, 0.25) is 0 Å². The van der Waals surface area contributed by atoms with E-state index in [2.05, 4.69) is 53.7 Å². The van der Waals surface area contributed by atoms with E-state index in [1.165, 1.54) is 0 Å². The van der Waals surface area contributed by atoms with Crippen LogP contribution in [-0.4, -0.2) is 71.3 Å². The van der Waals surface area contributed by atoms with Crippen molar-refractivity contribution in [2.24, 2.45) is 0 Å². The summed E-state index contributed by atoms with van der Waals surface area (Å²) in [6.45, 7) is 9.41. The van der Waals surface area contributed by atoms with E-state index in [9.17, 15) is 40.4 Å². The minimum absolute atomic E-state index is 0.0468. The van der Waals surface area contributed by atoms with Crippen molar-refractivity contribution in [3.05, 3.63) is 130 Å². The molecule has 0 fully saturated rings. The first-order chi connectivity index (χ1) is 30.8. The maximum atomic E-state index is 12.0. The van der Waals surface area contributed by atoms with Crippen LogP contribution >= 0.6 is 0 Å². The molecule has 6 rings (SSSR count). The van der Waals surface area contributed by atoms with Crippen molar-refractivity contribution < 1.29 is 74.1 Å². The molecule has 0 spiro atoms. The predicted octanol–water partition coefficient (Wildman–Crippen LogP) is 6.21. The van der Waals surface area contributed by atoms with Crippen LogP contribution in [0, 0.1) is 6.07 Å². The zero-order valence-electron chi connectivity index (χ0n) is 36.6. The van der Waals surface area contributed by atoms with Crippen LogP contribution in [0.5, 0.6) is 5.75 Å². The number of aliphatic carboxylic acids is 1. The van der Waals surface area contributed by atoms with E-state index in [-0.39, 0.29) is 23.5 Å². The Morgan fingerprint density at radius 3 is 2.32 bits per heavy atom. The average Bonchev–Trinajstić information content (AvgIpc) is 3.59. The normalized spacial score (nSPS) is 18.7. The van der Waals surface area contributed by atoms with Gasteiger partial charge in [0.1, 0.15) is 23.7 Å². The topological polar surface area (TPSA) is 227 Å². The number of rotatable bonds is 19. The Morgan fingerprint density at radius 2 is 1.66 bits per heavy atom. The molecule has 2 unspecified atom stereocenters. The second-order valence-electron chi connectivity index (χ2n) is 16.9. The quantitative estimate of drug-likeness (QED) is 0.0428. The molecule has 2 aliphatic heterocycles. The molecule has 14 nitrogen and oxygen atoms in total. The molecule has 2 heterocycles. The zero-order valence-corrected chi connectivity index (χ0v) is 41.6. The number of anilines is 1. The number of fused-ring (bicyclic) bond motifs is 2. The molecule has 65 heavy (non-hydrogen) atoms. The van der Waals surface area contributed by atoms with Gasteiger partial charge in [0.2, 0.25) is 0 Å². The third-order valence-electron chi connectivity index (χ3n) is 11.9. The first-order valence-electron chi connectivity index (χ1n) is 21.1. The summed E-state index contributed by atoms with van der Waals surface area (Å²) in [4.78, 5) is 13.5. The summed E-state index contributed by atoms with van der Waals surface area (Å²) in [6, 6.07) is 21.4. The van der Waals surface area contributed by atoms with Gasteiger partial charge >= 0.3 is 24.4 Å². The summed E-state index contributed by atoms with van der Waals surface area (Å²) in [5, 5.41) is 11.1. The van der Waals surface area contributed by atoms with Crippen LogP contribution in [-0.2, 0) is 78.7 Å². The Balaban J connectivity index is 0.00000257. The summed E-state index contributed by atoms with van der Waals surface area (Å²) < 4.78 is 107. The van der Waals surface area contributed by atoms with Crippen molar-refractivity contribution in [3.8, 4) is 5.75 Å². The minimum atomic E-state index is -4.33. The van der Waals surface area contributed by atoms with E-state index in [0.717, 1.165) is 57.0 Å². The van der Waals surface area contributed by atoms with Gasteiger partial charge in [0.05, 0.1) is 10.1 Å². The molecule has 0 N–H and O–H groups in total. The Bertz CT molecular complexity index is 2610. The summed E-state index contributed by atoms with van der Waals surface area (Å²) in [5.74, 6) is -0.259. The van der Waals surface area contributed by atoms with E-state index in [1.54, 1.807) is 12.1 Å². The number of unbranched alkanes of at least 4 members (excludes halogenated alkanes) is 2. The summed E-state index contributed by atoms with van der Waals surface area (Å²) >= 11 is -6.66. The number of hydrogen-bond donors (Lipinski definition) is 0. The fourth-order valence-corrected chi connectivity index (χ4v) is 10.0. The van der Waals surface area contributed by atoms with Gasteiger partial charge in [0.15, 0.2) is 5.71 Å². The second-order valence-corrected chi connectivity index (χ2v) is 20.8.